The van der Waals surface area contributed by atoms with Crippen LogP contribution in [0.5, 0.6) is 0 Å². The van der Waals surface area contributed by atoms with Gasteiger partial charge in [0, 0.05) is 10.1 Å². The van der Waals surface area contributed by atoms with Crippen molar-refractivity contribution in [1.29, 1.82) is 0 Å². The van der Waals surface area contributed by atoms with Crippen LogP contribution in [0.15, 0.2) is 112 Å². The molecular weight excluding hydrogens is 603 g/mol. The fraction of sp³-hybridized carbons (Fsp3) is 0.125. The lowest BCUT2D eigenvalue weighted by Gasteiger charge is -2.24. The summed E-state index contributed by atoms with van der Waals surface area (Å²) in [6.07, 6.45) is 0.203. The van der Waals surface area contributed by atoms with Crippen LogP contribution in [0.3, 0.4) is 0 Å². The molecule has 1 amide bonds. The summed E-state index contributed by atoms with van der Waals surface area (Å²) in [6.45, 7) is 1.91. The van der Waals surface area contributed by atoms with Crippen molar-refractivity contribution in [3.8, 4) is 10.6 Å². The van der Waals surface area contributed by atoms with Gasteiger partial charge in [-0.25, -0.2) is 13.4 Å². The molecule has 0 unspecified atom stereocenters. The van der Waals surface area contributed by atoms with Crippen molar-refractivity contribution >= 4 is 60.0 Å². The molecule has 1 atom stereocenters. The van der Waals surface area contributed by atoms with E-state index < -0.39 is 28.0 Å². The number of amides is 1. The molecule has 0 radical (unpaired) electrons. The zero-order chi connectivity index (χ0) is 29.1. The monoisotopic (exact) mass is 629 g/mol. The smallest absolute Gasteiger partial charge is 0.250 e. The molecule has 6 rings (SSSR count). The van der Waals surface area contributed by atoms with Crippen molar-refractivity contribution < 1.29 is 13.2 Å². The van der Waals surface area contributed by atoms with E-state index in [1.54, 1.807) is 23.5 Å². The molecule has 0 aliphatic rings. The molecule has 6 aromatic rings. The summed E-state index contributed by atoms with van der Waals surface area (Å²) in [5.74, 6) is -0.404. The average molecular weight is 630 g/mol. The normalized spacial score (nSPS) is 12.5. The molecule has 3 heterocycles. The maximum absolute atomic E-state index is 14.1. The van der Waals surface area contributed by atoms with Crippen LogP contribution >= 0.6 is 34.0 Å². The third-order valence-corrected chi connectivity index (χ3v) is 11.7. The first-order valence-corrected chi connectivity index (χ1v) is 17.3. The Kier molecular flexibility index (Phi) is 8.32. The maximum Gasteiger partial charge on any atom is 0.250 e. The van der Waals surface area contributed by atoms with Gasteiger partial charge in [-0.15, -0.1) is 34.0 Å². The number of carbonyl (C=O) groups excluding carboxylic acids is 1. The predicted octanol–water partition coefficient (Wildman–Crippen LogP) is 7.19. The zero-order valence-electron chi connectivity index (χ0n) is 22.6. The summed E-state index contributed by atoms with van der Waals surface area (Å²) in [7, 11) is -4.02. The minimum atomic E-state index is -4.02. The van der Waals surface area contributed by atoms with Crippen LogP contribution in [-0.2, 0) is 21.2 Å². The van der Waals surface area contributed by atoms with Crippen molar-refractivity contribution in [2.24, 2.45) is 0 Å². The van der Waals surface area contributed by atoms with E-state index in [4.69, 9.17) is 0 Å². The van der Waals surface area contributed by atoms with E-state index in [0.29, 0.717) is 0 Å². The van der Waals surface area contributed by atoms with E-state index in [1.807, 2.05) is 103 Å². The van der Waals surface area contributed by atoms with Gasteiger partial charge in [-0.3, -0.25) is 4.79 Å². The summed E-state index contributed by atoms with van der Waals surface area (Å²) in [4.78, 5) is 19.3. The van der Waals surface area contributed by atoms with Gasteiger partial charge in [-0.2, -0.15) is 4.72 Å². The number of thiazole rings is 1. The topological polar surface area (TPSA) is 88.2 Å². The fourth-order valence-corrected chi connectivity index (χ4v) is 8.96. The Balaban J connectivity index is 1.33. The standard InChI is InChI=1S/C32H27N3O3S4/c1-21-33-27(20-39-21)29-16-17-30(41-29)42(37,38)35-26(18-24-19-40-28-15-9-8-14-25(24)28)32(36)34-31(22-10-4-2-5-11-22)23-12-6-3-7-13-23/h2-17,19-20,26,31,35H,18H2,1H3,(H,34,36)/t26-/m1/s1. The number of nitrogens with zero attached hydrogens (tertiary/aromatic N) is 1. The molecule has 212 valence electrons. The van der Waals surface area contributed by atoms with Gasteiger partial charge in [0.1, 0.15) is 10.3 Å². The molecule has 0 saturated carbocycles. The lowest BCUT2D eigenvalue weighted by atomic mass is 9.97. The molecule has 0 bridgehead atoms. The first kappa shape index (κ1) is 28.4. The Morgan fingerprint density at radius 3 is 2.17 bits per heavy atom. The van der Waals surface area contributed by atoms with Crippen LogP contribution in [0, 0.1) is 6.92 Å². The van der Waals surface area contributed by atoms with E-state index in [0.717, 1.165) is 53.7 Å². The fourth-order valence-electron chi connectivity index (χ4n) is 4.82. The molecule has 3 aromatic heterocycles. The lowest BCUT2D eigenvalue weighted by Crippen LogP contribution is -2.48. The number of nitrogens with one attached hydrogen (secondary N) is 2. The number of rotatable bonds is 10. The number of hydrogen-bond acceptors (Lipinski definition) is 7. The third kappa shape index (κ3) is 6.23. The Bertz CT molecular complexity index is 1890. The number of carbonyl (C=O) groups is 1. The second-order valence-electron chi connectivity index (χ2n) is 9.77. The van der Waals surface area contributed by atoms with Crippen LogP contribution in [0.2, 0.25) is 0 Å². The quantitative estimate of drug-likeness (QED) is 0.168. The molecule has 0 fully saturated rings. The highest BCUT2D eigenvalue weighted by molar-refractivity contribution is 7.91. The second-order valence-corrected chi connectivity index (χ2v) is 14.8. The van der Waals surface area contributed by atoms with E-state index >= 15 is 0 Å². The highest BCUT2D eigenvalue weighted by Crippen LogP contribution is 2.32. The molecular formula is C32H27N3O3S4. The summed E-state index contributed by atoms with van der Waals surface area (Å²) < 4.78 is 31.4. The van der Waals surface area contributed by atoms with E-state index in [9.17, 15) is 13.2 Å². The zero-order valence-corrected chi connectivity index (χ0v) is 25.8. The number of aromatic nitrogens is 1. The van der Waals surface area contributed by atoms with Crippen LogP contribution in [0.25, 0.3) is 20.7 Å². The first-order valence-electron chi connectivity index (χ1n) is 13.3. The van der Waals surface area contributed by atoms with Crippen molar-refractivity contribution in [2.45, 2.75) is 29.6 Å². The van der Waals surface area contributed by atoms with E-state index in [-0.39, 0.29) is 10.6 Å². The maximum atomic E-state index is 14.1. The van der Waals surface area contributed by atoms with Gasteiger partial charge in [0.15, 0.2) is 0 Å². The van der Waals surface area contributed by atoms with Crippen molar-refractivity contribution in [2.75, 3.05) is 0 Å². The van der Waals surface area contributed by atoms with Crippen LogP contribution in [0.4, 0.5) is 0 Å². The largest absolute Gasteiger partial charge is 0.344 e. The van der Waals surface area contributed by atoms with Crippen molar-refractivity contribution in [3.63, 3.8) is 0 Å². The molecule has 0 spiro atoms. The SMILES string of the molecule is Cc1nc(-c2ccc(S(=O)(=O)N[C@H](Cc3csc4ccccc34)C(=O)NC(c3ccccc3)c3ccccc3)s2)cs1. The highest BCUT2D eigenvalue weighted by atomic mass is 32.2. The number of benzene rings is 3. The number of thiophene rings is 2. The van der Waals surface area contributed by atoms with Crippen LogP contribution in [0.1, 0.15) is 27.7 Å². The van der Waals surface area contributed by atoms with Crippen molar-refractivity contribution in [1.82, 2.24) is 15.0 Å². The van der Waals surface area contributed by atoms with Gasteiger partial charge in [-0.1, -0.05) is 78.9 Å². The number of aryl methyl sites for hydroxylation is 1. The van der Waals surface area contributed by atoms with Gasteiger partial charge < -0.3 is 5.32 Å². The van der Waals surface area contributed by atoms with E-state index in [1.165, 1.54) is 11.3 Å². The molecule has 0 saturated heterocycles. The first-order chi connectivity index (χ1) is 20.4. The minimum Gasteiger partial charge on any atom is -0.344 e. The highest BCUT2D eigenvalue weighted by Gasteiger charge is 2.30. The Morgan fingerprint density at radius 1 is 0.833 bits per heavy atom. The van der Waals surface area contributed by atoms with Crippen molar-refractivity contribution in [3.05, 3.63) is 130 Å². The minimum absolute atomic E-state index is 0.138. The molecule has 0 aliphatic heterocycles. The molecule has 6 nitrogen and oxygen atoms in total. The van der Waals surface area contributed by atoms with Gasteiger partial charge in [-0.05, 0) is 59.0 Å². The Labute approximate surface area is 256 Å². The van der Waals surface area contributed by atoms with E-state index in [2.05, 4.69) is 15.0 Å². The number of sulfonamides is 1. The summed E-state index contributed by atoms with van der Waals surface area (Å²) in [5, 5.41) is 8.98. The second kappa shape index (κ2) is 12.3. The number of hydrogen-bond donors (Lipinski definition) is 2. The van der Waals surface area contributed by atoms with Crippen LogP contribution < -0.4 is 10.0 Å². The van der Waals surface area contributed by atoms with Gasteiger partial charge >= 0.3 is 0 Å². The Hall–Kier alpha value is -3.67. The summed E-state index contributed by atoms with van der Waals surface area (Å²) in [5.41, 5.74) is 3.47. The predicted molar refractivity (Wildman–Crippen MR) is 173 cm³/mol. The third-order valence-electron chi connectivity index (χ3n) is 6.87. The van der Waals surface area contributed by atoms with Crippen LogP contribution in [-0.4, -0.2) is 25.4 Å². The van der Waals surface area contributed by atoms with Gasteiger partial charge in [0.05, 0.1) is 21.6 Å². The van der Waals surface area contributed by atoms with Gasteiger partial charge in [0.25, 0.3) is 10.0 Å². The lowest BCUT2D eigenvalue weighted by molar-refractivity contribution is -0.123. The summed E-state index contributed by atoms with van der Waals surface area (Å²) in [6, 6.07) is 29.1. The molecule has 0 aliphatic carbocycles. The molecule has 10 heteroatoms. The summed E-state index contributed by atoms with van der Waals surface area (Å²) >= 11 is 4.24. The Morgan fingerprint density at radius 2 is 1.50 bits per heavy atom. The molecule has 2 N–H and O–H groups in total. The molecule has 42 heavy (non-hydrogen) atoms. The molecule has 3 aromatic carbocycles. The van der Waals surface area contributed by atoms with Gasteiger partial charge in [0.2, 0.25) is 5.91 Å². The average Bonchev–Trinajstić information content (AvgIpc) is 3.77. The number of fused-ring (bicyclic) bond motifs is 1.